The average molecular weight is 164 g/mol. The Labute approximate surface area is 72.3 Å². The van der Waals surface area contributed by atoms with Gasteiger partial charge in [0.15, 0.2) is 0 Å². The number of rotatable bonds is 3. The Hall–Kier alpha value is -0.690. The van der Waals surface area contributed by atoms with Crippen LogP contribution < -0.4 is 0 Å². The first-order valence-corrected chi connectivity index (χ1v) is 4.96. The fourth-order valence-corrected chi connectivity index (χ4v) is 1.45. The molecule has 1 rings (SSSR count). The van der Waals surface area contributed by atoms with E-state index in [9.17, 15) is 0 Å². The molecule has 0 amide bonds. The molecule has 0 saturated carbocycles. The molecule has 11 heavy (non-hydrogen) atoms. The molecule has 0 radical (unpaired) electrons. The molecule has 58 valence electrons. The summed E-state index contributed by atoms with van der Waals surface area (Å²) in [5.74, 6) is 1.02. The first-order valence-electron chi connectivity index (χ1n) is 3.56. The van der Waals surface area contributed by atoms with Crippen molar-refractivity contribution in [2.75, 3.05) is 12.0 Å². The predicted molar refractivity (Wildman–Crippen MR) is 53.9 cm³/mol. The minimum atomic E-state index is 1.02. The van der Waals surface area contributed by atoms with Crippen molar-refractivity contribution in [1.29, 1.82) is 0 Å². The van der Waals surface area contributed by atoms with Crippen LogP contribution in [0.25, 0.3) is 5.57 Å². The minimum Gasteiger partial charge on any atom is -0.161 e. The first kappa shape index (κ1) is 8.41. The number of thioether (sulfide) groups is 1. The molecule has 0 aliphatic rings. The van der Waals surface area contributed by atoms with Gasteiger partial charge in [0.05, 0.1) is 0 Å². The molecule has 0 unspecified atom stereocenters. The van der Waals surface area contributed by atoms with E-state index in [1.165, 1.54) is 11.1 Å². The van der Waals surface area contributed by atoms with Crippen LogP contribution in [0.1, 0.15) is 5.56 Å². The molecule has 0 fully saturated rings. The van der Waals surface area contributed by atoms with E-state index in [1.807, 2.05) is 18.2 Å². The monoisotopic (exact) mass is 164 g/mol. The Morgan fingerprint density at radius 3 is 2.55 bits per heavy atom. The zero-order valence-corrected chi connectivity index (χ0v) is 7.53. The second-order valence-corrected chi connectivity index (χ2v) is 3.27. The molecular formula is C10H12S. The van der Waals surface area contributed by atoms with E-state index in [0.29, 0.717) is 0 Å². The van der Waals surface area contributed by atoms with E-state index in [2.05, 4.69) is 25.0 Å². The second-order valence-electron chi connectivity index (χ2n) is 2.40. The fraction of sp³-hybridized carbons (Fsp3) is 0.200. The third-order valence-electron chi connectivity index (χ3n) is 1.50. The molecule has 0 saturated heterocycles. The predicted octanol–water partition coefficient (Wildman–Crippen LogP) is 3.06. The van der Waals surface area contributed by atoms with Gasteiger partial charge in [0.25, 0.3) is 0 Å². The lowest BCUT2D eigenvalue weighted by molar-refractivity contribution is 1.59. The molecule has 1 aromatic carbocycles. The summed E-state index contributed by atoms with van der Waals surface area (Å²) < 4.78 is 0. The third-order valence-corrected chi connectivity index (χ3v) is 2.14. The second kappa shape index (κ2) is 4.24. The minimum absolute atomic E-state index is 1.02. The highest BCUT2D eigenvalue weighted by molar-refractivity contribution is 7.99. The summed E-state index contributed by atoms with van der Waals surface area (Å²) in [6.45, 7) is 3.99. The summed E-state index contributed by atoms with van der Waals surface area (Å²) in [6, 6.07) is 10.3. The highest BCUT2D eigenvalue weighted by Crippen LogP contribution is 2.15. The van der Waals surface area contributed by atoms with Crippen molar-refractivity contribution >= 4 is 17.3 Å². The quantitative estimate of drug-likeness (QED) is 0.661. The summed E-state index contributed by atoms with van der Waals surface area (Å²) >= 11 is 1.81. The fourth-order valence-electron chi connectivity index (χ4n) is 0.931. The van der Waals surface area contributed by atoms with Gasteiger partial charge in [-0.25, -0.2) is 0 Å². The Bertz CT molecular complexity index is 226. The number of benzene rings is 1. The van der Waals surface area contributed by atoms with Crippen LogP contribution in [0.3, 0.4) is 0 Å². The molecule has 0 aliphatic carbocycles. The van der Waals surface area contributed by atoms with E-state index in [-0.39, 0.29) is 0 Å². The third kappa shape index (κ3) is 2.43. The van der Waals surface area contributed by atoms with Crippen LogP contribution >= 0.6 is 11.8 Å². The van der Waals surface area contributed by atoms with Gasteiger partial charge in [0.2, 0.25) is 0 Å². The zero-order chi connectivity index (χ0) is 8.10. The molecule has 0 aliphatic heterocycles. The number of hydrogen-bond donors (Lipinski definition) is 0. The van der Waals surface area contributed by atoms with Gasteiger partial charge in [-0.1, -0.05) is 36.9 Å². The molecule has 0 atom stereocenters. The van der Waals surface area contributed by atoms with Gasteiger partial charge >= 0.3 is 0 Å². The summed E-state index contributed by atoms with van der Waals surface area (Å²) in [5.41, 5.74) is 2.46. The van der Waals surface area contributed by atoms with E-state index >= 15 is 0 Å². The Morgan fingerprint density at radius 1 is 1.36 bits per heavy atom. The van der Waals surface area contributed by atoms with Crippen molar-refractivity contribution in [3.63, 3.8) is 0 Å². The molecular weight excluding hydrogens is 152 g/mol. The van der Waals surface area contributed by atoms with Crippen molar-refractivity contribution in [3.05, 3.63) is 42.5 Å². The molecule has 0 heterocycles. The van der Waals surface area contributed by atoms with Gasteiger partial charge in [-0.2, -0.15) is 11.8 Å². The molecule has 0 spiro atoms. The van der Waals surface area contributed by atoms with Crippen molar-refractivity contribution < 1.29 is 0 Å². The van der Waals surface area contributed by atoms with Crippen LogP contribution in [-0.2, 0) is 0 Å². The van der Waals surface area contributed by atoms with Crippen LogP contribution in [0.4, 0.5) is 0 Å². The standard InChI is InChI=1S/C10H12S/c1-9(8-11-2)10-6-4-3-5-7-10/h3-7H,1,8H2,2H3. The van der Waals surface area contributed by atoms with E-state index in [0.717, 1.165) is 5.75 Å². The summed E-state index contributed by atoms with van der Waals surface area (Å²) in [4.78, 5) is 0. The largest absolute Gasteiger partial charge is 0.161 e. The van der Waals surface area contributed by atoms with Crippen molar-refractivity contribution in [3.8, 4) is 0 Å². The van der Waals surface area contributed by atoms with Crippen LogP contribution in [0.15, 0.2) is 36.9 Å². The smallest absolute Gasteiger partial charge is 0.0181 e. The van der Waals surface area contributed by atoms with Crippen LogP contribution in [0, 0.1) is 0 Å². The molecule has 0 aromatic heterocycles. The summed E-state index contributed by atoms with van der Waals surface area (Å²) in [6.07, 6.45) is 2.09. The highest BCUT2D eigenvalue weighted by atomic mass is 32.2. The van der Waals surface area contributed by atoms with Gasteiger partial charge < -0.3 is 0 Å². The van der Waals surface area contributed by atoms with E-state index < -0.39 is 0 Å². The maximum Gasteiger partial charge on any atom is 0.0181 e. The normalized spacial score (nSPS) is 9.55. The maximum atomic E-state index is 3.99. The molecule has 0 nitrogen and oxygen atoms in total. The molecule has 1 heteroatoms. The lowest BCUT2D eigenvalue weighted by atomic mass is 10.1. The summed E-state index contributed by atoms with van der Waals surface area (Å²) in [7, 11) is 0. The topological polar surface area (TPSA) is 0 Å². The van der Waals surface area contributed by atoms with Crippen molar-refractivity contribution in [1.82, 2.24) is 0 Å². The van der Waals surface area contributed by atoms with Gasteiger partial charge in [0.1, 0.15) is 0 Å². The van der Waals surface area contributed by atoms with Gasteiger partial charge in [-0.05, 0) is 17.4 Å². The SMILES string of the molecule is C=C(CSC)c1ccccc1. The highest BCUT2D eigenvalue weighted by Gasteiger charge is 1.94. The molecule has 0 bridgehead atoms. The molecule has 0 N–H and O–H groups in total. The zero-order valence-electron chi connectivity index (χ0n) is 6.71. The van der Waals surface area contributed by atoms with Crippen molar-refractivity contribution in [2.24, 2.45) is 0 Å². The Morgan fingerprint density at radius 2 is 2.00 bits per heavy atom. The van der Waals surface area contributed by atoms with E-state index in [4.69, 9.17) is 0 Å². The van der Waals surface area contributed by atoms with Crippen LogP contribution in [-0.4, -0.2) is 12.0 Å². The van der Waals surface area contributed by atoms with Crippen LogP contribution in [0.2, 0.25) is 0 Å². The van der Waals surface area contributed by atoms with Gasteiger partial charge in [-0.3, -0.25) is 0 Å². The lowest BCUT2D eigenvalue weighted by Crippen LogP contribution is -1.83. The van der Waals surface area contributed by atoms with E-state index in [1.54, 1.807) is 11.8 Å². The Kier molecular flexibility index (Phi) is 3.24. The average Bonchev–Trinajstić information content (AvgIpc) is 2.07. The first-order chi connectivity index (χ1) is 5.34. The Balaban J connectivity index is 2.69. The van der Waals surface area contributed by atoms with Gasteiger partial charge in [0, 0.05) is 5.75 Å². The van der Waals surface area contributed by atoms with Gasteiger partial charge in [-0.15, -0.1) is 0 Å². The van der Waals surface area contributed by atoms with Crippen LogP contribution in [0.5, 0.6) is 0 Å². The van der Waals surface area contributed by atoms with Crippen molar-refractivity contribution in [2.45, 2.75) is 0 Å². The summed E-state index contributed by atoms with van der Waals surface area (Å²) in [5, 5.41) is 0. The number of hydrogen-bond acceptors (Lipinski definition) is 1. The lowest BCUT2D eigenvalue weighted by Gasteiger charge is -2.01. The molecule has 1 aromatic rings. The maximum absolute atomic E-state index is 3.99.